The Kier molecular flexibility index (Phi) is 3.72. The van der Waals surface area contributed by atoms with Crippen LogP contribution in [0.1, 0.15) is 30.3 Å². The number of nitrogens with one attached hydrogen (secondary N) is 1. The van der Waals surface area contributed by atoms with Crippen LogP contribution in [0.25, 0.3) is 10.9 Å². The Bertz CT molecular complexity index is 569. The first kappa shape index (κ1) is 12.3. The molecule has 2 aromatic rings. The lowest BCUT2D eigenvalue weighted by Gasteiger charge is -2.06. The zero-order chi connectivity index (χ0) is 13.0. The molecule has 1 aromatic carbocycles. The number of carbonyl (C=O) groups is 1. The van der Waals surface area contributed by atoms with Gasteiger partial charge >= 0.3 is 0 Å². The van der Waals surface area contributed by atoms with E-state index in [4.69, 9.17) is 0 Å². The molecule has 5 nitrogen and oxygen atoms in total. The van der Waals surface area contributed by atoms with Crippen molar-refractivity contribution < 1.29 is 9.90 Å². The smallest absolute Gasteiger partial charge is 0.275 e. The summed E-state index contributed by atoms with van der Waals surface area (Å²) in [6, 6.07) is 7.03. The molecule has 1 aromatic heterocycles. The van der Waals surface area contributed by atoms with E-state index in [1.807, 2.05) is 6.92 Å². The van der Waals surface area contributed by atoms with Gasteiger partial charge in [0.2, 0.25) is 0 Å². The lowest BCUT2D eigenvalue weighted by atomic mass is 10.2. The molecule has 2 N–H and O–H groups in total. The molecule has 1 amide bonds. The van der Waals surface area contributed by atoms with Gasteiger partial charge in [0.25, 0.3) is 5.91 Å². The van der Waals surface area contributed by atoms with Gasteiger partial charge in [-0.2, -0.15) is 0 Å². The van der Waals surface area contributed by atoms with E-state index in [-0.39, 0.29) is 17.4 Å². The molecule has 0 spiro atoms. The molecule has 0 saturated carbocycles. The van der Waals surface area contributed by atoms with Crippen LogP contribution in [0.4, 0.5) is 0 Å². The van der Waals surface area contributed by atoms with E-state index in [0.29, 0.717) is 17.4 Å². The third kappa shape index (κ3) is 2.40. The molecule has 0 bridgehead atoms. The number of hydrogen-bond acceptors (Lipinski definition) is 4. The molecule has 0 unspecified atom stereocenters. The number of benzene rings is 1. The van der Waals surface area contributed by atoms with Gasteiger partial charge < -0.3 is 10.4 Å². The van der Waals surface area contributed by atoms with E-state index in [9.17, 15) is 9.90 Å². The predicted octanol–water partition coefficient (Wildman–Crippen LogP) is 1.87. The highest BCUT2D eigenvalue weighted by Gasteiger charge is 2.15. The van der Waals surface area contributed by atoms with Gasteiger partial charge in [-0.15, -0.1) is 10.2 Å². The van der Waals surface area contributed by atoms with E-state index >= 15 is 0 Å². The van der Waals surface area contributed by atoms with Crippen molar-refractivity contribution in [3.63, 3.8) is 0 Å². The van der Waals surface area contributed by atoms with Crippen molar-refractivity contribution in [2.45, 2.75) is 19.8 Å². The highest BCUT2D eigenvalue weighted by Crippen LogP contribution is 2.24. The van der Waals surface area contributed by atoms with Gasteiger partial charge in [-0.3, -0.25) is 4.79 Å². The normalized spacial score (nSPS) is 10.5. The molecule has 0 fully saturated rings. The SMILES string of the molecule is CCCCNC(=O)c1nnc2ccccc2c1O. The van der Waals surface area contributed by atoms with Crippen LogP contribution < -0.4 is 5.32 Å². The highest BCUT2D eigenvalue weighted by atomic mass is 16.3. The average molecular weight is 245 g/mol. The fraction of sp³-hybridized carbons (Fsp3) is 0.308. The molecule has 2 rings (SSSR count). The Hall–Kier alpha value is -2.17. The van der Waals surface area contributed by atoms with Crippen molar-refractivity contribution >= 4 is 16.8 Å². The molecule has 94 valence electrons. The molecule has 0 aliphatic heterocycles. The molecule has 0 aliphatic rings. The number of rotatable bonds is 4. The van der Waals surface area contributed by atoms with Crippen LogP contribution in [0.15, 0.2) is 24.3 Å². The topological polar surface area (TPSA) is 75.1 Å². The summed E-state index contributed by atoms with van der Waals surface area (Å²) in [5.41, 5.74) is 0.546. The summed E-state index contributed by atoms with van der Waals surface area (Å²) >= 11 is 0. The van der Waals surface area contributed by atoms with Gasteiger partial charge in [0, 0.05) is 11.9 Å². The minimum absolute atomic E-state index is 0.0233. The number of aromatic hydroxyl groups is 1. The third-order valence-electron chi connectivity index (χ3n) is 2.67. The lowest BCUT2D eigenvalue weighted by Crippen LogP contribution is -2.25. The summed E-state index contributed by atoms with van der Waals surface area (Å²) in [7, 11) is 0. The molecule has 0 atom stereocenters. The van der Waals surface area contributed by atoms with Crippen LogP contribution in [0.2, 0.25) is 0 Å². The molecule has 18 heavy (non-hydrogen) atoms. The molecular formula is C13H15N3O2. The van der Waals surface area contributed by atoms with Crippen molar-refractivity contribution in [1.29, 1.82) is 0 Å². The first-order valence-electron chi connectivity index (χ1n) is 5.96. The molecule has 5 heteroatoms. The van der Waals surface area contributed by atoms with Crippen LogP contribution in [0.3, 0.4) is 0 Å². The van der Waals surface area contributed by atoms with E-state index in [2.05, 4.69) is 15.5 Å². The van der Waals surface area contributed by atoms with Crippen LogP contribution in [-0.2, 0) is 0 Å². The van der Waals surface area contributed by atoms with Crippen molar-refractivity contribution in [1.82, 2.24) is 15.5 Å². The fourth-order valence-corrected chi connectivity index (χ4v) is 1.66. The van der Waals surface area contributed by atoms with Crippen molar-refractivity contribution in [3.05, 3.63) is 30.0 Å². The maximum Gasteiger partial charge on any atom is 0.275 e. The van der Waals surface area contributed by atoms with Gasteiger partial charge in [-0.25, -0.2) is 0 Å². The van der Waals surface area contributed by atoms with Crippen molar-refractivity contribution in [3.8, 4) is 5.75 Å². The van der Waals surface area contributed by atoms with Gasteiger partial charge in [-0.1, -0.05) is 25.5 Å². The van der Waals surface area contributed by atoms with Crippen molar-refractivity contribution in [2.24, 2.45) is 0 Å². The second-order valence-corrected chi connectivity index (χ2v) is 4.02. The van der Waals surface area contributed by atoms with Crippen LogP contribution in [0.5, 0.6) is 5.75 Å². The summed E-state index contributed by atoms with van der Waals surface area (Å²) in [4.78, 5) is 11.8. The molecule has 0 aliphatic carbocycles. The first-order chi connectivity index (χ1) is 8.74. The number of aromatic nitrogens is 2. The molecule has 0 saturated heterocycles. The second-order valence-electron chi connectivity index (χ2n) is 4.02. The zero-order valence-corrected chi connectivity index (χ0v) is 10.2. The number of carbonyl (C=O) groups excluding carboxylic acids is 1. The highest BCUT2D eigenvalue weighted by molar-refractivity contribution is 6.00. The number of unbranched alkanes of at least 4 members (excludes halogenated alkanes) is 1. The number of amides is 1. The van der Waals surface area contributed by atoms with E-state index in [0.717, 1.165) is 12.8 Å². The Morgan fingerprint density at radius 3 is 2.89 bits per heavy atom. The van der Waals surface area contributed by atoms with Crippen LogP contribution >= 0.6 is 0 Å². The maximum absolute atomic E-state index is 11.8. The van der Waals surface area contributed by atoms with Gasteiger partial charge in [0.15, 0.2) is 11.4 Å². The Morgan fingerprint density at radius 2 is 2.11 bits per heavy atom. The van der Waals surface area contributed by atoms with E-state index in [1.54, 1.807) is 24.3 Å². The number of nitrogens with zero attached hydrogens (tertiary/aromatic N) is 2. The van der Waals surface area contributed by atoms with Gasteiger partial charge in [-0.05, 0) is 18.6 Å². The Morgan fingerprint density at radius 1 is 1.33 bits per heavy atom. The molecule has 1 heterocycles. The number of fused-ring (bicyclic) bond motifs is 1. The molecular weight excluding hydrogens is 230 g/mol. The monoisotopic (exact) mass is 245 g/mol. The minimum Gasteiger partial charge on any atom is -0.505 e. The van der Waals surface area contributed by atoms with E-state index < -0.39 is 0 Å². The lowest BCUT2D eigenvalue weighted by molar-refractivity contribution is 0.0944. The molecule has 0 radical (unpaired) electrons. The minimum atomic E-state index is -0.390. The first-order valence-corrected chi connectivity index (χ1v) is 5.96. The van der Waals surface area contributed by atoms with Gasteiger partial charge in [0.05, 0.1) is 5.52 Å². The van der Waals surface area contributed by atoms with E-state index in [1.165, 1.54) is 0 Å². The summed E-state index contributed by atoms with van der Waals surface area (Å²) in [6.07, 6.45) is 1.89. The van der Waals surface area contributed by atoms with Crippen LogP contribution in [-0.4, -0.2) is 27.8 Å². The largest absolute Gasteiger partial charge is 0.505 e. The summed E-state index contributed by atoms with van der Waals surface area (Å²) in [6.45, 7) is 2.61. The summed E-state index contributed by atoms with van der Waals surface area (Å²) in [5.74, 6) is -0.506. The van der Waals surface area contributed by atoms with Gasteiger partial charge in [0.1, 0.15) is 0 Å². The van der Waals surface area contributed by atoms with Crippen LogP contribution in [0, 0.1) is 0 Å². The zero-order valence-electron chi connectivity index (χ0n) is 10.2. The Labute approximate surface area is 105 Å². The Balaban J connectivity index is 2.28. The maximum atomic E-state index is 11.8. The second kappa shape index (κ2) is 5.44. The summed E-state index contributed by atoms with van der Waals surface area (Å²) < 4.78 is 0. The fourth-order valence-electron chi connectivity index (χ4n) is 1.66. The standard InChI is InChI=1S/C13H15N3O2/c1-2-3-8-14-13(18)11-12(17)9-6-4-5-7-10(9)15-16-11/h4-7H,2-3,8H2,1H3,(H,14,18)(H,15,17). The quantitative estimate of drug-likeness (QED) is 0.806. The predicted molar refractivity (Wildman–Crippen MR) is 68.4 cm³/mol. The third-order valence-corrected chi connectivity index (χ3v) is 2.67. The average Bonchev–Trinajstić information content (AvgIpc) is 2.39. The number of hydrogen-bond donors (Lipinski definition) is 2. The summed E-state index contributed by atoms with van der Waals surface area (Å²) in [5, 5.41) is 20.9. The van der Waals surface area contributed by atoms with Crippen molar-refractivity contribution in [2.75, 3.05) is 6.54 Å².